The topological polar surface area (TPSA) is 25.2 Å². The minimum Gasteiger partial charge on any atom is -0.351 e. The van der Waals surface area contributed by atoms with Gasteiger partial charge in [0.05, 0.1) is 11.3 Å². The number of amides is 1. The third-order valence-corrected chi connectivity index (χ3v) is 3.37. The summed E-state index contributed by atoms with van der Waals surface area (Å²) in [5, 5.41) is 0. The molecule has 0 unspecified atom stereocenters. The lowest BCUT2D eigenvalue weighted by molar-refractivity contribution is -0.112. The van der Waals surface area contributed by atoms with E-state index in [-0.39, 0.29) is 5.91 Å². The molecule has 0 saturated carbocycles. The molecule has 1 aliphatic rings. The van der Waals surface area contributed by atoms with Gasteiger partial charge in [-0.1, -0.05) is 18.2 Å². The lowest BCUT2D eigenvalue weighted by Crippen LogP contribution is -2.20. The molecule has 0 radical (unpaired) electrons. The number of rotatable bonds is 1. The van der Waals surface area contributed by atoms with Gasteiger partial charge in [-0.25, -0.2) is 0 Å². The number of nitrogens with zero attached hydrogens (tertiary/aromatic N) is 2. The Morgan fingerprint density at radius 2 is 1.83 bits per heavy atom. The molecule has 3 nitrogen and oxygen atoms in total. The van der Waals surface area contributed by atoms with Gasteiger partial charge in [0, 0.05) is 31.5 Å². The van der Waals surface area contributed by atoms with E-state index in [0.717, 1.165) is 22.5 Å². The van der Waals surface area contributed by atoms with Crippen LogP contribution in [0.25, 0.3) is 11.6 Å². The van der Waals surface area contributed by atoms with E-state index in [4.69, 9.17) is 0 Å². The number of hydrogen-bond donors (Lipinski definition) is 0. The van der Waals surface area contributed by atoms with Crippen molar-refractivity contribution >= 4 is 23.2 Å². The van der Waals surface area contributed by atoms with Crippen LogP contribution in [0, 0.1) is 0 Å². The highest BCUT2D eigenvalue weighted by Crippen LogP contribution is 2.36. The molecule has 2 heterocycles. The van der Waals surface area contributed by atoms with Crippen LogP contribution in [0.2, 0.25) is 0 Å². The maximum absolute atomic E-state index is 12.2. The molecule has 1 aromatic heterocycles. The van der Waals surface area contributed by atoms with E-state index in [1.165, 1.54) is 0 Å². The largest absolute Gasteiger partial charge is 0.351 e. The van der Waals surface area contributed by atoms with Crippen LogP contribution in [0.4, 0.5) is 5.69 Å². The van der Waals surface area contributed by atoms with Crippen molar-refractivity contribution in [3.63, 3.8) is 0 Å². The van der Waals surface area contributed by atoms with Crippen molar-refractivity contribution in [2.75, 3.05) is 11.9 Å². The third-order valence-electron chi connectivity index (χ3n) is 3.37. The van der Waals surface area contributed by atoms with Gasteiger partial charge >= 0.3 is 0 Å². The SMILES string of the molecule is CN1C(=O)/C(=C/c2cccn2C)c2ccccc21. The first kappa shape index (κ1) is 10.8. The van der Waals surface area contributed by atoms with Gasteiger partial charge in [-0.2, -0.15) is 0 Å². The highest BCUT2D eigenvalue weighted by molar-refractivity contribution is 6.35. The van der Waals surface area contributed by atoms with E-state index in [0.29, 0.717) is 0 Å². The van der Waals surface area contributed by atoms with E-state index in [2.05, 4.69) is 0 Å². The maximum atomic E-state index is 12.2. The summed E-state index contributed by atoms with van der Waals surface area (Å²) in [4.78, 5) is 13.9. The summed E-state index contributed by atoms with van der Waals surface area (Å²) in [5.74, 6) is 0.0531. The highest BCUT2D eigenvalue weighted by atomic mass is 16.2. The molecule has 0 atom stereocenters. The fourth-order valence-corrected chi connectivity index (χ4v) is 2.31. The van der Waals surface area contributed by atoms with Crippen LogP contribution >= 0.6 is 0 Å². The fourth-order valence-electron chi connectivity index (χ4n) is 2.31. The van der Waals surface area contributed by atoms with Crippen molar-refractivity contribution in [3.8, 4) is 0 Å². The van der Waals surface area contributed by atoms with Crippen LogP contribution in [0.15, 0.2) is 42.6 Å². The Balaban J connectivity index is 2.17. The van der Waals surface area contributed by atoms with Gasteiger partial charge in [0.15, 0.2) is 0 Å². The van der Waals surface area contributed by atoms with Crippen molar-refractivity contribution in [1.29, 1.82) is 0 Å². The van der Waals surface area contributed by atoms with Crippen LogP contribution in [0.3, 0.4) is 0 Å². The Kier molecular flexibility index (Phi) is 2.33. The van der Waals surface area contributed by atoms with Gasteiger partial charge in [-0.15, -0.1) is 0 Å². The number of para-hydroxylation sites is 1. The number of fused-ring (bicyclic) bond motifs is 1. The first-order valence-electron chi connectivity index (χ1n) is 5.89. The molecule has 2 aromatic rings. The van der Waals surface area contributed by atoms with Gasteiger partial charge < -0.3 is 9.47 Å². The smallest absolute Gasteiger partial charge is 0.258 e. The Morgan fingerprint density at radius 3 is 2.56 bits per heavy atom. The second kappa shape index (κ2) is 3.88. The van der Waals surface area contributed by atoms with Crippen LogP contribution in [-0.4, -0.2) is 17.5 Å². The predicted octanol–water partition coefficient (Wildman–Crippen LogP) is 2.54. The maximum Gasteiger partial charge on any atom is 0.258 e. The molecule has 18 heavy (non-hydrogen) atoms. The number of hydrogen-bond acceptors (Lipinski definition) is 1. The minimum absolute atomic E-state index is 0.0531. The third kappa shape index (κ3) is 1.48. The zero-order valence-corrected chi connectivity index (χ0v) is 10.4. The predicted molar refractivity (Wildman–Crippen MR) is 73.1 cm³/mol. The molecule has 1 amide bonds. The number of benzene rings is 1. The zero-order valence-electron chi connectivity index (χ0n) is 10.4. The normalized spacial score (nSPS) is 16.4. The van der Waals surface area contributed by atoms with Gasteiger partial charge in [0.1, 0.15) is 0 Å². The molecule has 0 N–H and O–H groups in total. The van der Waals surface area contributed by atoms with E-state index in [1.54, 1.807) is 4.90 Å². The van der Waals surface area contributed by atoms with Crippen molar-refractivity contribution in [3.05, 3.63) is 53.9 Å². The second-order valence-corrected chi connectivity index (χ2v) is 4.48. The number of aryl methyl sites for hydroxylation is 1. The number of anilines is 1. The molecule has 0 aliphatic carbocycles. The van der Waals surface area contributed by atoms with E-state index in [9.17, 15) is 4.79 Å². The molecule has 0 spiro atoms. The van der Waals surface area contributed by atoms with Gasteiger partial charge in [0.2, 0.25) is 0 Å². The van der Waals surface area contributed by atoms with E-state index >= 15 is 0 Å². The first-order chi connectivity index (χ1) is 8.68. The molecule has 0 fully saturated rings. The van der Waals surface area contributed by atoms with Crippen LogP contribution < -0.4 is 4.90 Å². The molecule has 90 valence electrons. The molecule has 0 saturated heterocycles. The van der Waals surface area contributed by atoms with Crippen LogP contribution in [0.5, 0.6) is 0 Å². The quantitative estimate of drug-likeness (QED) is 0.701. The average molecular weight is 238 g/mol. The Labute approximate surface area is 106 Å². The number of aromatic nitrogens is 1. The van der Waals surface area contributed by atoms with E-state index in [1.807, 2.05) is 67.3 Å². The number of carbonyl (C=O) groups excluding carboxylic acids is 1. The minimum atomic E-state index is 0.0531. The first-order valence-corrected chi connectivity index (χ1v) is 5.89. The number of likely N-dealkylation sites (N-methyl/N-ethyl adjacent to an activating group) is 1. The summed E-state index contributed by atoms with van der Waals surface area (Å²) in [5.41, 5.74) is 3.77. The lowest BCUT2D eigenvalue weighted by atomic mass is 10.1. The Hall–Kier alpha value is -2.29. The van der Waals surface area contributed by atoms with Crippen LogP contribution in [-0.2, 0) is 11.8 Å². The summed E-state index contributed by atoms with van der Waals surface area (Å²) < 4.78 is 2.00. The molecule has 0 bridgehead atoms. The summed E-state index contributed by atoms with van der Waals surface area (Å²) in [6, 6.07) is 11.9. The molecule has 1 aromatic carbocycles. The van der Waals surface area contributed by atoms with Crippen LogP contribution in [0.1, 0.15) is 11.3 Å². The highest BCUT2D eigenvalue weighted by Gasteiger charge is 2.29. The molecular formula is C15H14N2O. The molecule has 1 aliphatic heterocycles. The summed E-state index contributed by atoms with van der Waals surface area (Å²) in [6.07, 6.45) is 3.92. The molecular weight excluding hydrogens is 224 g/mol. The van der Waals surface area contributed by atoms with Crippen molar-refractivity contribution < 1.29 is 4.79 Å². The monoisotopic (exact) mass is 238 g/mol. The second-order valence-electron chi connectivity index (χ2n) is 4.48. The fraction of sp³-hybridized carbons (Fsp3) is 0.133. The molecule has 3 heteroatoms. The number of carbonyl (C=O) groups is 1. The Bertz CT molecular complexity index is 652. The van der Waals surface area contributed by atoms with E-state index < -0.39 is 0 Å². The summed E-state index contributed by atoms with van der Waals surface area (Å²) in [6.45, 7) is 0. The Morgan fingerprint density at radius 1 is 1.06 bits per heavy atom. The lowest BCUT2D eigenvalue weighted by Gasteiger charge is -2.07. The van der Waals surface area contributed by atoms with Crippen molar-refractivity contribution in [2.24, 2.45) is 7.05 Å². The van der Waals surface area contributed by atoms with Crippen molar-refractivity contribution in [1.82, 2.24) is 4.57 Å². The van der Waals surface area contributed by atoms with Gasteiger partial charge in [-0.3, -0.25) is 4.79 Å². The zero-order chi connectivity index (χ0) is 12.7. The molecule has 3 rings (SSSR count). The standard InChI is InChI=1S/C15H14N2O/c1-16-9-5-6-11(16)10-13-12-7-3-4-8-14(12)17(2)15(13)18/h3-10H,1-2H3/b13-10+. The summed E-state index contributed by atoms with van der Waals surface area (Å²) >= 11 is 0. The van der Waals surface area contributed by atoms with Gasteiger partial charge in [-0.05, 0) is 24.3 Å². The summed E-state index contributed by atoms with van der Waals surface area (Å²) in [7, 11) is 3.79. The average Bonchev–Trinajstić information content (AvgIpc) is 2.88. The van der Waals surface area contributed by atoms with Gasteiger partial charge in [0.25, 0.3) is 5.91 Å². The van der Waals surface area contributed by atoms with Crippen molar-refractivity contribution in [2.45, 2.75) is 0 Å².